The van der Waals surface area contributed by atoms with Gasteiger partial charge in [0, 0.05) is 44.3 Å². The number of carbonyl (C=O) groups excluding carboxylic acids is 1. The number of aliphatic imine (C=N–C) groups is 1. The summed E-state index contributed by atoms with van der Waals surface area (Å²) in [5.41, 5.74) is 2.53. The fourth-order valence-corrected chi connectivity index (χ4v) is 5.42. The smallest absolute Gasteiger partial charge is 0.330 e. The molecular weight excluding hydrogens is 570 g/mol. The van der Waals surface area contributed by atoms with E-state index in [1.54, 1.807) is 37.1 Å². The molecule has 0 radical (unpaired) electrons. The van der Waals surface area contributed by atoms with Crippen LogP contribution < -0.4 is 9.46 Å². The molecule has 0 aromatic heterocycles. The first-order valence-corrected chi connectivity index (χ1v) is 15.0. The summed E-state index contributed by atoms with van der Waals surface area (Å²) in [5.74, 6) is 0.108. The Morgan fingerprint density at radius 2 is 1.90 bits per heavy atom. The van der Waals surface area contributed by atoms with E-state index in [0.29, 0.717) is 23.9 Å². The molecule has 0 saturated heterocycles. The zero-order valence-electron chi connectivity index (χ0n) is 23.6. The number of rotatable bonds is 13. The van der Waals surface area contributed by atoms with Crippen molar-refractivity contribution in [1.29, 1.82) is 0 Å². The molecule has 222 valence electrons. The first kappa shape index (κ1) is 32.1. The van der Waals surface area contributed by atoms with Gasteiger partial charge in [0.15, 0.2) is 0 Å². The van der Waals surface area contributed by atoms with Gasteiger partial charge in [-0.15, -0.1) is 0 Å². The van der Waals surface area contributed by atoms with Gasteiger partial charge in [-0.25, -0.2) is 14.5 Å². The van der Waals surface area contributed by atoms with Gasteiger partial charge in [0.1, 0.15) is 12.4 Å². The molecule has 13 heteroatoms. The Morgan fingerprint density at radius 3 is 2.51 bits per heavy atom. The van der Waals surface area contributed by atoms with E-state index >= 15 is 0 Å². The third-order valence-electron chi connectivity index (χ3n) is 6.14. The quantitative estimate of drug-likeness (QED) is 0.161. The lowest BCUT2D eigenvalue weighted by Crippen LogP contribution is -2.49. The Hall–Kier alpha value is -3.45. The molecule has 1 atom stereocenters. The van der Waals surface area contributed by atoms with Crippen LogP contribution in [-0.4, -0.2) is 89.0 Å². The van der Waals surface area contributed by atoms with Gasteiger partial charge in [0.2, 0.25) is 5.96 Å². The number of carbonyl (C=O) groups is 1. The molecule has 1 heterocycles. The van der Waals surface area contributed by atoms with Crippen LogP contribution in [0.25, 0.3) is 0 Å². The first-order valence-electron chi connectivity index (χ1n) is 13.1. The summed E-state index contributed by atoms with van der Waals surface area (Å²) in [7, 11) is -0.865. The molecule has 1 aliphatic rings. The van der Waals surface area contributed by atoms with E-state index in [1.165, 1.54) is 24.5 Å². The summed E-state index contributed by atoms with van der Waals surface area (Å²) in [6, 6.07) is 14.9. The van der Waals surface area contributed by atoms with E-state index in [2.05, 4.69) is 9.71 Å². The number of nitrogens with zero attached hydrogens (tertiary/aromatic N) is 4. The zero-order valence-corrected chi connectivity index (χ0v) is 25.2. The Labute approximate surface area is 246 Å². The van der Waals surface area contributed by atoms with Crippen molar-refractivity contribution in [3.8, 4) is 5.75 Å². The lowest BCUT2D eigenvalue weighted by Gasteiger charge is -2.24. The molecule has 0 saturated carbocycles. The number of esters is 1. The van der Waals surface area contributed by atoms with Gasteiger partial charge in [-0.1, -0.05) is 42.8 Å². The van der Waals surface area contributed by atoms with Gasteiger partial charge in [-0.3, -0.25) is 4.99 Å². The second kappa shape index (κ2) is 15.5. The summed E-state index contributed by atoms with van der Waals surface area (Å²) in [5, 5.41) is 6.94. The third-order valence-corrected chi connectivity index (χ3v) is 7.95. The molecular formula is C28H36ClN5O6S. The predicted molar refractivity (Wildman–Crippen MR) is 160 cm³/mol. The van der Waals surface area contributed by atoms with Crippen molar-refractivity contribution < 1.29 is 27.4 Å². The van der Waals surface area contributed by atoms with E-state index in [4.69, 9.17) is 30.9 Å². The molecule has 0 spiro atoms. The summed E-state index contributed by atoms with van der Waals surface area (Å²) >= 11 is 6.12. The number of benzene rings is 2. The van der Waals surface area contributed by atoms with Crippen molar-refractivity contribution in [2.24, 2.45) is 10.1 Å². The maximum atomic E-state index is 13.1. The van der Waals surface area contributed by atoms with Crippen molar-refractivity contribution >= 4 is 39.5 Å². The van der Waals surface area contributed by atoms with Crippen LogP contribution in [0.5, 0.6) is 5.75 Å². The van der Waals surface area contributed by atoms with Crippen LogP contribution in [0, 0.1) is 0 Å². The van der Waals surface area contributed by atoms with Crippen LogP contribution in [0.3, 0.4) is 0 Å². The van der Waals surface area contributed by atoms with E-state index in [-0.39, 0.29) is 38.2 Å². The lowest BCUT2D eigenvalue weighted by molar-refractivity contribution is -0.137. The number of ether oxygens (including phenoxy) is 3. The average molecular weight is 606 g/mol. The summed E-state index contributed by atoms with van der Waals surface area (Å²) < 4.78 is 45.7. The minimum atomic E-state index is -3.90. The second-order valence-electron chi connectivity index (χ2n) is 8.80. The topological polar surface area (TPSA) is 122 Å². The molecule has 1 unspecified atom stereocenters. The van der Waals surface area contributed by atoms with Crippen molar-refractivity contribution in [3.05, 3.63) is 76.8 Å². The van der Waals surface area contributed by atoms with Gasteiger partial charge < -0.3 is 14.2 Å². The van der Waals surface area contributed by atoms with Crippen LogP contribution in [0.1, 0.15) is 30.9 Å². The minimum absolute atomic E-state index is 0.100. The largest absolute Gasteiger partial charge is 0.490 e. The van der Waals surface area contributed by atoms with E-state index in [9.17, 15) is 13.2 Å². The molecule has 1 N–H and O–H groups in total. The fraction of sp³-hybridized carbons (Fsp3) is 0.393. The monoisotopic (exact) mass is 605 g/mol. The molecule has 2 aromatic carbocycles. The number of hydrazone groups is 1. The highest BCUT2D eigenvalue weighted by Gasteiger charge is 2.33. The Kier molecular flexibility index (Phi) is 12.1. The van der Waals surface area contributed by atoms with Gasteiger partial charge in [0.25, 0.3) is 0 Å². The SMILES string of the molecule is CCOC(=O)/C=C/COc1ccc(C2CN(C(=NC)NS(=O)(=O)N(CC)CCOC)N=C2c2ccc(Cl)cc2)cc1. The van der Waals surface area contributed by atoms with E-state index < -0.39 is 16.2 Å². The number of halogens is 1. The first-order chi connectivity index (χ1) is 19.7. The van der Waals surface area contributed by atoms with Gasteiger partial charge in [-0.05, 0) is 48.4 Å². The van der Waals surface area contributed by atoms with E-state index in [0.717, 1.165) is 16.8 Å². The second-order valence-corrected chi connectivity index (χ2v) is 10.9. The highest BCUT2D eigenvalue weighted by Crippen LogP contribution is 2.30. The van der Waals surface area contributed by atoms with Crippen molar-refractivity contribution in [1.82, 2.24) is 14.0 Å². The molecule has 0 amide bonds. The maximum Gasteiger partial charge on any atom is 0.330 e. The number of nitrogens with one attached hydrogen (secondary N) is 1. The highest BCUT2D eigenvalue weighted by atomic mass is 35.5. The normalized spacial score (nSPS) is 15.9. The van der Waals surface area contributed by atoms with E-state index in [1.807, 2.05) is 36.4 Å². The summed E-state index contributed by atoms with van der Waals surface area (Å²) in [4.78, 5) is 15.6. The Bertz CT molecular complexity index is 1350. The Balaban J connectivity index is 1.82. The molecule has 0 aliphatic carbocycles. The van der Waals surface area contributed by atoms with Crippen molar-refractivity contribution in [3.63, 3.8) is 0 Å². The number of hydrogen-bond acceptors (Lipinski definition) is 8. The van der Waals surface area contributed by atoms with Crippen molar-refractivity contribution in [2.45, 2.75) is 19.8 Å². The molecule has 0 bridgehead atoms. The van der Waals surface area contributed by atoms with Gasteiger partial charge in [0.05, 0.1) is 25.5 Å². The lowest BCUT2D eigenvalue weighted by atomic mass is 9.90. The van der Waals surface area contributed by atoms with Gasteiger partial charge in [-0.2, -0.15) is 17.8 Å². The van der Waals surface area contributed by atoms with Crippen LogP contribution >= 0.6 is 11.6 Å². The predicted octanol–water partition coefficient (Wildman–Crippen LogP) is 3.43. The number of likely N-dealkylation sites (N-methyl/N-ethyl adjacent to an activating group) is 1. The Morgan fingerprint density at radius 1 is 1.20 bits per heavy atom. The van der Waals surface area contributed by atoms with Crippen LogP contribution in [0.15, 0.2) is 70.8 Å². The zero-order chi connectivity index (χ0) is 29.8. The maximum absolute atomic E-state index is 13.1. The number of hydrogen-bond donors (Lipinski definition) is 1. The molecule has 11 nitrogen and oxygen atoms in total. The molecule has 0 fully saturated rings. The van der Waals surface area contributed by atoms with Gasteiger partial charge >= 0.3 is 16.2 Å². The molecule has 2 aromatic rings. The number of guanidine groups is 1. The summed E-state index contributed by atoms with van der Waals surface area (Å²) in [6.45, 7) is 5.11. The number of methoxy groups -OCH3 is 1. The van der Waals surface area contributed by atoms with Crippen LogP contribution in [0.2, 0.25) is 5.02 Å². The molecule has 3 rings (SSSR count). The molecule has 41 heavy (non-hydrogen) atoms. The van der Waals surface area contributed by atoms with Crippen LogP contribution in [-0.2, 0) is 24.5 Å². The minimum Gasteiger partial charge on any atom is -0.490 e. The standard InChI is InChI=1S/C28H36ClN5O6S/c1-5-33(17-19-38-4)41(36,37)32-28(30-3)34-20-25(27(31-34)22-9-13-23(29)14-10-22)21-11-15-24(16-12-21)40-18-7-8-26(35)39-6-2/h7-16,25H,5-6,17-20H2,1-4H3,(H,30,32)/b8-7+. The summed E-state index contributed by atoms with van der Waals surface area (Å²) in [6.07, 6.45) is 2.92. The van der Waals surface area contributed by atoms with Crippen molar-refractivity contribution in [2.75, 3.05) is 53.6 Å². The average Bonchev–Trinajstić information content (AvgIpc) is 3.40. The van der Waals surface area contributed by atoms with Crippen LogP contribution in [0.4, 0.5) is 0 Å². The fourth-order valence-electron chi connectivity index (χ4n) is 4.09. The third kappa shape index (κ3) is 9.02. The molecule has 1 aliphatic heterocycles. The highest BCUT2D eigenvalue weighted by molar-refractivity contribution is 7.87.